The Bertz CT molecular complexity index is 385. The lowest BCUT2D eigenvalue weighted by Gasteiger charge is -2.35. The summed E-state index contributed by atoms with van der Waals surface area (Å²) in [5.74, 6) is 6.16. The van der Waals surface area contributed by atoms with Gasteiger partial charge in [0, 0.05) is 24.3 Å². The number of nitrogens with one attached hydrogen (secondary N) is 1. The quantitative estimate of drug-likeness (QED) is 0.551. The summed E-state index contributed by atoms with van der Waals surface area (Å²) < 4.78 is 0. The number of hydrazine groups is 1. The van der Waals surface area contributed by atoms with Crippen LogP contribution in [0.1, 0.15) is 31.2 Å². The Morgan fingerprint density at radius 1 is 1.50 bits per heavy atom. The van der Waals surface area contributed by atoms with Gasteiger partial charge in [-0.25, -0.2) is 10.8 Å². The van der Waals surface area contributed by atoms with Crippen molar-refractivity contribution in [3.63, 3.8) is 0 Å². The number of nitrogens with two attached hydrogens (primary N) is 1. The maximum Gasteiger partial charge on any atom is 0.144 e. The van der Waals surface area contributed by atoms with Crippen molar-refractivity contribution in [3.05, 3.63) is 23.9 Å². The number of anilines is 1. The van der Waals surface area contributed by atoms with E-state index in [1.54, 1.807) is 6.20 Å². The van der Waals surface area contributed by atoms with Crippen molar-refractivity contribution in [3.8, 4) is 0 Å². The lowest BCUT2D eigenvalue weighted by atomic mass is 9.91. The molecule has 0 saturated heterocycles. The molecule has 0 radical (unpaired) electrons. The van der Waals surface area contributed by atoms with Gasteiger partial charge in [0.1, 0.15) is 5.82 Å². The standard InChI is InChI=1S/C13H22N4O/c1-17(11-6-2-3-7-12(11)18)9-10-5-4-8-15-13(10)16-14/h4-5,8,11-12,18H,2-3,6-7,9,14H2,1H3,(H,15,16). The van der Waals surface area contributed by atoms with Crippen molar-refractivity contribution in [1.29, 1.82) is 0 Å². The SMILES string of the molecule is CN(Cc1cccnc1NN)C1CCCCC1O. The number of hydrogen-bond donors (Lipinski definition) is 3. The molecule has 0 aliphatic heterocycles. The van der Waals surface area contributed by atoms with Crippen molar-refractivity contribution >= 4 is 5.82 Å². The summed E-state index contributed by atoms with van der Waals surface area (Å²) in [6.07, 6.45) is 5.80. The van der Waals surface area contributed by atoms with Crippen LogP contribution in [0, 0.1) is 0 Å². The largest absolute Gasteiger partial charge is 0.391 e. The summed E-state index contributed by atoms with van der Waals surface area (Å²) in [7, 11) is 2.05. The van der Waals surface area contributed by atoms with Crippen molar-refractivity contribution in [1.82, 2.24) is 9.88 Å². The molecule has 0 aromatic carbocycles. The molecule has 1 aliphatic carbocycles. The number of nitrogen functional groups attached to an aromatic ring is 1. The van der Waals surface area contributed by atoms with Gasteiger partial charge in [0.25, 0.3) is 0 Å². The van der Waals surface area contributed by atoms with E-state index in [9.17, 15) is 5.11 Å². The predicted molar refractivity (Wildman–Crippen MR) is 71.8 cm³/mol. The first-order valence-electron chi connectivity index (χ1n) is 6.51. The molecule has 2 atom stereocenters. The van der Waals surface area contributed by atoms with Crippen LogP contribution in [0.2, 0.25) is 0 Å². The number of rotatable bonds is 4. The van der Waals surface area contributed by atoms with Crippen molar-refractivity contribution in [2.75, 3.05) is 12.5 Å². The first-order chi connectivity index (χ1) is 8.72. The zero-order valence-corrected chi connectivity index (χ0v) is 10.8. The van der Waals surface area contributed by atoms with Crippen molar-refractivity contribution in [2.24, 2.45) is 5.84 Å². The minimum atomic E-state index is -0.213. The van der Waals surface area contributed by atoms with Crippen LogP contribution in [0.4, 0.5) is 5.82 Å². The second-order valence-corrected chi connectivity index (χ2v) is 4.99. The fraction of sp³-hybridized carbons (Fsp3) is 0.615. The van der Waals surface area contributed by atoms with Gasteiger partial charge < -0.3 is 10.5 Å². The third-order valence-electron chi connectivity index (χ3n) is 3.71. The van der Waals surface area contributed by atoms with Gasteiger partial charge in [0.15, 0.2) is 0 Å². The summed E-state index contributed by atoms with van der Waals surface area (Å²) in [4.78, 5) is 6.39. The second kappa shape index (κ2) is 6.13. The summed E-state index contributed by atoms with van der Waals surface area (Å²) >= 11 is 0. The third kappa shape index (κ3) is 2.98. The van der Waals surface area contributed by atoms with E-state index in [-0.39, 0.29) is 12.1 Å². The molecule has 5 nitrogen and oxygen atoms in total. The normalized spacial score (nSPS) is 24.2. The number of hydrogen-bond acceptors (Lipinski definition) is 5. The molecule has 1 fully saturated rings. The number of pyridine rings is 1. The van der Waals surface area contributed by atoms with Gasteiger partial charge in [-0.3, -0.25) is 4.90 Å². The Hall–Kier alpha value is -1.17. The zero-order chi connectivity index (χ0) is 13.0. The van der Waals surface area contributed by atoms with E-state index in [0.29, 0.717) is 5.82 Å². The lowest BCUT2D eigenvalue weighted by molar-refractivity contribution is 0.0289. The maximum absolute atomic E-state index is 10.0. The molecular weight excluding hydrogens is 228 g/mol. The molecule has 100 valence electrons. The van der Waals surface area contributed by atoms with Crippen LogP contribution >= 0.6 is 0 Å². The van der Waals surface area contributed by atoms with E-state index >= 15 is 0 Å². The average Bonchev–Trinajstić information content (AvgIpc) is 2.39. The third-order valence-corrected chi connectivity index (χ3v) is 3.71. The van der Waals surface area contributed by atoms with Crippen molar-refractivity contribution in [2.45, 2.75) is 44.4 Å². The molecule has 2 rings (SSSR count). The number of aromatic nitrogens is 1. The van der Waals surface area contributed by atoms with E-state index < -0.39 is 0 Å². The molecule has 1 saturated carbocycles. The van der Waals surface area contributed by atoms with Gasteiger partial charge in [-0.2, -0.15) is 0 Å². The lowest BCUT2D eigenvalue weighted by Crippen LogP contribution is -2.43. The molecule has 0 spiro atoms. The van der Waals surface area contributed by atoms with E-state index in [4.69, 9.17) is 5.84 Å². The van der Waals surface area contributed by atoms with Crippen LogP contribution in [0.15, 0.2) is 18.3 Å². The molecule has 1 aromatic heterocycles. The number of aliphatic hydroxyl groups is 1. The fourth-order valence-corrected chi connectivity index (χ4v) is 2.69. The van der Waals surface area contributed by atoms with Crippen LogP contribution in [0.3, 0.4) is 0 Å². The highest BCUT2D eigenvalue weighted by Crippen LogP contribution is 2.24. The molecule has 0 amide bonds. The van der Waals surface area contributed by atoms with Gasteiger partial charge >= 0.3 is 0 Å². The molecule has 1 aromatic rings. The molecule has 18 heavy (non-hydrogen) atoms. The monoisotopic (exact) mass is 250 g/mol. The van der Waals surface area contributed by atoms with E-state index in [1.807, 2.05) is 19.2 Å². The Balaban J connectivity index is 2.03. The van der Waals surface area contributed by atoms with Crippen LogP contribution in [-0.2, 0) is 6.54 Å². The van der Waals surface area contributed by atoms with Crippen LogP contribution < -0.4 is 11.3 Å². The topological polar surface area (TPSA) is 74.4 Å². The fourth-order valence-electron chi connectivity index (χ4n) is 2.69. The van der Waals surface area contributed by atoms with Crippen LogP contribution in [0.25, 0.3) is 0 Å². The number of likely N-dealkylation sites (N-methyl/N-ethyl adjacent to an activating group) is 1. The Morgan fingerprint density at radius 2 is 2.28 bits per heavy atom. The van der Waals surface area contributed by atoms with Crippen LogP contribution in [0.5, 0.6) is 0 Å². The first kappa shape index (κ1) is 13.3. The molecule has 2 unspecified atom stereocenters. The Kier molecular flexibility index (Phi) is 4.52. The smallest absolute Gasteiger partial charge is 0.144 e. The molecule has 5 heteroatoms. The molecule has 0 bridgehead atoms. The maximum atomic E-state index is 10.0. The highest BCUT2D eigenvalue weighted by Gasteiger charge is 2.26. The number of aliphatic hydroxyl groups excluding tert-OH is 1. The Labute approximate surface area is 108 Å². The molecular formula is C13H22N4O. The first-order valence-corrected chi connectivity index (χ1v) is 6.51. The Morgan fingerprint density at radius 3 is 3.00 bits per heavy atom. The predicted octanol–water partition coefficient (Wildman–Crippen LogP) is 1.10. The van der Waals surface area contributed by atoms with Gasteiger partial charge in [-0.1, -0.05) is 18.9 Å². The molecule has 4 N–H and O–H groups in total. The van der Waals surface area contributed by atoms with E-state index in [1.165, 1.54) is 6.42 Å². The number of nitrogens with zero attached hydrogens (tertiary/aromatic N) is 2. The summed E-state index contributed by atoms with van der Waals surface area (Å²) in [5, 5.41) is 10.0. The minimum Gasteiger partial charge on any atom is -0.391 e. The average molecular weight is 250 g/mol. The van der Waals surface area contributed by atoms with Gasteiger partial charge in [-0.15, -0.1) is 0 Å². The van der Waals surface area contributed by atoms with Crippen LogP contribution in [-0.4, -0.2) is 34.2 Å². The molecule has 1 heterocycles. The van der Waals surface area contributed by atoms with Gasteiger partial charge in [0.2, 0.25) is 0 Å². The van der Waals surface area contributed by atoms with Gasteiger partial charge in [0.05, 0.1) is 6.10 Å². The van der Waals surface area contributed by atoms with E-state index in [2.05, 4.69) is 15.3 Å². The second-order valence-electron chi connectivity index (χ2n) is 4.99. The zero-order valence-electron chi connectivity index (χ0n) is 10.8. The summed E-state index contributed by atoms with van der Waals surface area (Å²) in [6, 6.07) is 4.15. The highest BCUT2D eigenvalue weighted by molar-refractivity contribution is 5.42. The summed E-state index contributed by atoms with van der Waals surface area (Å²) in [5.41, 5.74) is 3.67. The van der Waals surface area contributed by atoms with Crippen molar-refractivity contribution < 1.29 is 5.11 Å². The minimum absolute atomic E-state index is 0.213. The van der Waals surface area contributed by atoms with E-state index in [0.717, 1.165) is 31.4 Å². The highest BCUT2D eigenvalue weighted by atomic mass is 16.3. The summed E-state index contributed by atoms with van der Waals surface area (Å²) in [6.45, 7) is 0.745. The van der Waals surface area contributed by atoms with Gasteiger partial charge in [-0.05, 0) is 26.0 Å². The molecule has 1 aliphatic rings.